The van der Waals surface area contributed by atoms with Crippen molar-refractivity contribution < 1.29 is 29.7 Å². The predicted octanol–water partition coefficient (Wildman–Crippen LogP) is 0.0303. The quantitative estimate of drug-likeness (QED) is 0.434. The van der Waals surface area contributed by atoms with Gasteiger partial charge in [0, 0.05) is 19.5 Å². The van der Waals surface area contributed by atoms with E-state index in [0.29, 0.717) is 0 Å². The van der Waals surface area contributed by atoms with Gasteiger partial charge in [-0.25, -0.2) is 0 Å². The second-order valence-electron chi connectivity index (χ2n) is 3.24. The molecule has 4 heteroatoms. The van der Waals surface area contributed by atoms with Crippen molar-refractivity contribution in [2.24, 2.45) is 0 Å². The van der Waals surface area contributed by atoms with Crippen molar-refractivity contribution in [2.75, 3.05) is 0 Å². The Kier molecular flexibility index (Phi) is 4.94. The van der Waals surface area contributed by atoms with Gasteiger partial charge in [0.05, 0.1) is 0 Å². The minimum absolute atomic E-state index is 0. The van der Waals surface area contributed by atoms with Gasteiger partial charge in [-0.05, 0) is 27.7 Å². The normalized spacial score (nSPS) is 12.6. The first-order valence-electron chi connectivity index (χ1n) is 2.95. The molecule has 10 heavy (non-hydrogen) atoms. The summed E-state index contributed by atoms with van der Waals surface area (Å²) in [5.74, 6) is 0. The Bertz CT molecular complexity index is 80.9. The number of aliphatic hydroxyl groups is 2. The molecular formula is C6H15NO2Zn. The maximum Gasteiger partial charge on any atom is 0.112 e. The summed E-state index contributed by atoms with van der Waals surface area (Å²) in [4.78, 5) is 0. The average Bonchev–Trinajstić information content (AvgIpc) is 1.14. The van der Waals surface area contributed by atoms with Crippen LogP contribution in [0.1, 0.15) is 27.7 Å². The minimum Gasteiger partial charge on any atom is -0.376 e. The fraction of sp³-hybridized carbons (Fsp3) is 1.00. The fourth-order valence-corrected chi connectivity index (χ4v) is 0.749. The monoisotopic (exact) mass is 197 g/mol. The summed E-state index contributed by atoms with van der Waals surface area (Å²) in [6, 6.07) is 0. The molecule has 0 aromatic rings. The van der Waals surface area contributed by atoms with Crippen molar-refractivity contribution in [1.82, 2.24) is 5.32 Å². The van der Waals surface area contributed by atoms with E-state index in [1.807, 2.05) is 0 Å². The summed E-state index contributed by atoms with van der Waals surface area (Å²) in [5.41, 5.74) is -2.03. The van der Waals surface area contributed by atoms with Crippen molar-refractivity contribution in [2.45, 2.75) is 39.1 Å². The molecule has 0 saturated carbocycles. The van der Waals surface area contributed by atoms with Crippen molar-refractivity contribution in [1.29, 1.82) is 0 Å². The molecule has 3 nitrogen and oxygen atoms in total. The van der Waals surface area contributed by atoms with Crippen LogP contribution >= 0.6 is 0 Å². The summed E-state index contributed by atoms with van der Waals surface area (Å²) >= 11 is 0. The molecule has 0 aliphatic carbocycles. The Morgan fingerprint density at radius 1 is 0.900 bits per heavy atom. The third kappa shape index (κ3) is 11.3. The van der Waals surface area contributed by atoms with Crippen LogP contribution in [0.3, 0.4) is 0 Å². The van der Waals surface area contributed by atoms with Gasteiger partial charge in [0.15, 0.2) is 0 Å². The average molecular weight is 199 g/mol. The molecule has 0 amide bonds. The van der Waals surface area contributed by atoms with Crippen LogP contribution in [0.4, 0.5) is 0 Å². The van der Waals surface area contributed by atoms with Crippen LogP contribution in [-0.4, -0.2) is 21.7 Å². The Labute approximate surface area is 74.6 Å². The van der Waals surface area contributed by atoms with Crippen molar-refractivity contribution in [3.05, 3.63) is 0 Å². The van der Waals surface area contributed by atoms with Crippen LogP contribution < -0.4 is 5.32 Å². The van der Waals surface area contributed by atoms with E-state index < -0.39 is 11.4 Å². The summed E-state index contributed by atoms with van der Waals surface area (Å²) in [6.45, 7) is 6.30. The van der Waals surface area contributed by atoms with E-state index in [1.165, 1.54) is 0 Å². The summed E-state index contributed by atoms with van der Waals surface area (Å²) in [6.07, 6.45) is 0. The van der Waals surface area contributed by atoms with Crippen LogP contribution in [-0.2, 0) is 19.5 Å². The van der Waals surface area contributed by atoms with Crippen molar-refractivity contribution in [3.63, 3.8) is 0 Å². The van der Waals surface area contributed by atoms with E-state index in [-0.39, 0.29) is 19.5 Å². The first-order chi connectivity index (χ1) is 3.71. The molecule has 3 N–H and O–H groups in total. The van der Waals surface area contributed by atoms with Crippen LogP contribution in [0.5, 0.6) is 0 Å². The van der Waals surface area contributed by atoms with Crippen LogP contribution in [0.2, 0.25) is 0 Å². The Morgan fingerprint density at radius 2 is 1.10 bits per heavy atom. The summed E-state index contributed by atoms with van der Waals surface area (Å²) in [7, 11) is 0. The maximum absolute atomic E-state index is 9.08. The molecule has 0 aromatic carbocycles. The van der Waals surface area contributed by atoms with Gasteiger partial charge in [-0.3, -0.25) is 5.32 Å². The summed E-state index contributed by atoms with van der Waals surface area (Å²) < 4.78 is 0. The molecule has 0 unspecified atom stereocenters. The van der Waals surface area contributed by atoms with Crippen LogP contribution in [0.15, 0.2) is 0 Å². The van der Waals surface area contributed by atoms with E-state index in [0.717, 1.165) is 0 Å². The molecule has 0 aliphatic heterocycles. The zero-order valence-electron chi connectivity index (χ0n) is 7.10. The summed E-state index contributed by atoms with van der Waals surface area (Å²) in [5, 5.41) is 20.7. The van der Waals surface area contributed by atoms with E-state index >= 15 is 0 Å². The fourth-order valence-electron chi connectivity index (χ4n) is 0.749. The second kappa shape index (κ2) is 3.77. The van der Waals surface area contributed by atoms with E-state index in [2.05, 4.69) is 5.32 Å². The Morgan fingerprint density at radius 3 is 1.10 bits per heavy atom. The molecule has 58 valence electrons. The van der Waals surface area contributed by atoms with Gasteiger partial charge in [-0.1, -0.05) is 0 Å². The molecule has 0 spiro atoms. The standard InChI is InChI=1S/C6H15NO2.Zn/c1-5(2,8)7-6(3,4)9;/h7-9H,1-4H3;. The number of nitrogens with one attached hydrogen (secondary N) is 1. The van der Waals surface area contributed by atoms with Gasteiger partial charge >= 0.3 is 0 Å². The van der Waals surface area contributed by atoms with E-state index in [1.54, 1.807) is 27.7 Å². The van der Waals surface area contributed by atoms with E-state index in [4.69, 9.17) is 10.2 Å². The SMILES string of the molecule is CC(C)(O)NC(C)(C)O.[Zn]. The van der Waals surface area contributed by atoms with Gasteiger partial charge in [0.1, 0.15) is 11.4 Å². The molecule has 0 saturated heterocycles. The molecule has 0 heterocycles. The van der Waals surface area contributed by atoms with Gasteiger partial charge in [0.25, 0.3) is 0 Å². The number of rotatable bonds is 2. The number of hydrogen-bond acceptors (Lipinski definition) is 3. The minimum atomic E-state index is -1.02. The molecule has 0 atom stereocenters. The van der Waals surface area contributed by atoms with Crippen LogP contribution in [0.25, 0.3) is 0 Å². The third-order valence-corrected chi connectivity index (χ3v) is 0.612. The topological polar surface area (TPSA) is 52.5 Å². The molecule has 0 radical (unpaired) electrons. The van der Waals surface area contributed by atoms with Crippen LogP contribution in [0, 0.1) is 0 Å². The van der Waals surface area contributed by atoms with Gasteiger partial charge in [-0.15, -0.1) is 0 Å². The molecular weight excluding hydrogens is 183 g/mol. The Balaban J connectivity index is 0. The zero-order chi connectivity index (χ0) is 7.71. The maximum atomic E-state index is 9.08. The zero-order valence-corrected chi connectivity index (χ0v) is 10.1. The van der Waals surface area contributed by atoms with Gasteiger partial charge < -0.3 is 10.2 Å². The smallest absolute Gasteiger partial charge is 0.112 e. The molecule has 0 aromatic heterocycles. The Hall–Kier alpha value is 0.503. The van der Waals surface area contributed by atoms with Crippen molar-refractivity contribution >= 4 is 0 Å². The predicted molar refractivity (Wildman–Crippen MR) is 35.7 cm³/mol. The molecule has 0 bridgehead atoms. The molecule has 0 aliphatic rings. The first-order valence-corrected chi connectivity index (χ1v) is 2.95. The molecule has 0 fully saturated rings. The first kappa shape index (κ1) is 13.1. The number of hydrogen-bond donors (Lipinski definition) is 3. The second-order valence-corrected chi connectivity index (χ2v) is 3.24. The third-order valence-electron chi connectivity index (χ3n) is 0.612. The van der Waals surface area contributed by atoms with Gasteiger partial charge in [0.2, 0.25) is 0 Å². The van der Waals surface area contributed by atoms with Crippen molar-refractivity contribution in [3.8, 4) is 0 Å². The molecule has 0 rings (SSSR count). The largest absolute Gasteiger partial charge is 0.376 e. The van der Waals surface area contributed by atoms with Gasteiger partial charge in [-0.2, -0.15) is 0 Å². The van der Waals surface area contributed by atoms with E-state index in [9.17, 15) is 0 Å².